The zero-order valence-electron chi connectivity index (χ0n) is 9.89. The van der Waals surface area contributed by atoms with E-state index in [1.807, 2.05) is 25.4 Å². The van der Waals surface area contributed by atoms with Gasteiger partial charge < -0.3 is 10.0 Å². The first-order chi connectivity index (χ1) is 7.77. The van der Waals surface area contributed by atoms with E-state index in [9.17, 15) is 5.11 Å². The first kappa shape index (κ1) is 11.6. The van der Waals surface area contributed by atoms with Gasteiger partial charge in [-0.05, 0) is 25.8 Å². The van der Waals surface area contributed by atoms with Gasteiger partial charge in [-0.2, -0.15) is 0 Å². The molecule has 88 valence electrons. The molecule has 2 rings (SSSR count). The molecule has 0 spiro atoms. The third-order valence-electron chi connectivity index (χ3n) is 3.38. The molecule has 0 saturated carbocycles. The third kappa shape index (κ3) is 2.80. The van der Waals surface area contributed by atoms with E-state index >= 15 is 0 Å². The fraction of sp³-hybridized carbons (Fsp3) is 0.615. The van der Waals surface area contributed by atoms with Crippen LogP contribution in [-0.2, 0) is 0 Å². The summed E-state index contributed by atoms with van der Waals surface area (Å²) in [6.07, 6.45) is 7.36. The Hall–Kier alpha value is -0.930. The van der Waals surface area contributed by atoms with Crippen LogP contribution in [0.4, 0.5) is 0 Å². The molecule has 1 saturated heterocycles. The molecule has 1 aromatic rings. The van der Waals surface area contributed by atoms with Crippen molar-refractivity contribution in [1.29, 1.82) is 0 Å². The van der Waals surface area contributed by atoms with Gasteiger partial charge >= 0.3 is 0 Å². The normalized spacial score (nSPS) is 27.6. The lowest BCUT2D eigenvalue weighted by molar-refractivity contribution is -0.939. The van der Waals surface area contributed by atoms with Crippen LogP contribution < -0.4 is 4.90 Å². The number of quaternary nitrogens is 1. The molecule has 3 atom stereocenters. The van der Waals surface area contributed by atoms with Gasteiger partial charge in [0.15, 0.2) is 0 Å². The Bertz CT molecular complexity index is 313. The maximum atomic E-state index is 9.53. The zero-order chi connectivity index (χ0) is 11.4. The van der Waals surface area contributed by atoms with Crippen LogP contribution in [0.2, 0.25) is 0 Å². The maximum absolute atomic E-state index is 9.53. The Morgan fingerprint density at radius 1 is 1.56 bits per heavy atom. The summed E-state index contributed by atoms with van der Waals surface area (Å²) >= 11 is 0. The monoisotopic (exact) mass is 221 g/mol. The molecular weight excluding hydrogens is 200 g/mol. The highest BCUT2D eigenvalue weighted by molar-refractivity contribution is 5.11. The quantitative estimate of drug-likeness (QED) is 0.783. The Labute approximate surface area is 97.1 Å². The van der Waals surface area contributed by atoms with Crippen LogP contribution in [0.25, 0.3) is 0 Å². The number of nitrogens with zero attached hydrogens (tertiary/aromatic N) is 1. The SMILES string of the molecule is C[C@H](O)C[NH+]1CCCC[C@@H]1c1cccnc1. The molecule has 0 bridgehead atoms. The fourth-order valence-corrected chi connectivity index (χ4v) is 2.69. The number of nitrogens with one attached hydrogen (secondary N) is 1. The van der Waals surface area contributed by atoms with Crippen molar-refractivity contribution in [3.63, 3.8) is 0 Å². The van der Waals surface area contributed by atoms with Crippen molar-refractivity contribution in [2.75, 3.05) is 13.1 Å². The molecule has 1 aliphatic rings. The Balaban J connectivity index is 2.10. The topological polar surface area (TPSA) is 37.6 Å². The molecule has 16 heavy (non-hydrogen) atoms. The molecule has 0 amide bonds. The van der Waals surface area contributed by atoms with E-state index in [4.69, 9.17) is 0 Å². The molecule has 2 heterocycles. The van der Waals surface area contributed by atoms with Crippen molar-refractivity contribution < 1.29 is 10.0 Å². The fourth-order valence-electron chi connectivity index (χ4n) is 2.69. The van der Waals surface area contributed by atoms with Crippen LogP contribution in [-0.4, -0.2) is 29.3 Å². The van der Waals surface area contributed by atoms with Crippen molar-refractivity contribution in [2.24, 2.45) is 0 Å². The van der Waals surface area contributed by atoms with Crippen molar-refractivity contribution in [2.45, 2.75) is 38.3 Å². The number of aliphatic hydroxyl groups excluding tert-OH is 1. The Morgan fingerprint density at radius 2 is 2.44 bits per heavy atom. The van der Waals surface area contributed by atoms with Gasteiger partial charge in [0.2, 0.25) is 0 Å². The van der Waals surface area contributed by atoms with Crippen LogP contribution in [0.1, 0.15) is 37.8 Å². The molecule has 3 nitrogen and oxygen atoms in total. The predicted molar refractivity (Wildman–Crippen MR) is 63.2 cm³/mol. The average molecular weight is 221 g/mol. The highest BCUT2D eigenvalue weighted by Crippen LogP contribution is 2.18. The second kappa shape index (κ2) is 5.41. The van der Waals surface area contributed by atoms with Crippen LogP contribution in [0.3, 0.4) is 0 Å². The second-order valence-electron chi connectivity index (χ2n) is 4.80. The average Bonchev–Trinajstić information content (AvgIpc) is 2.30. The lowest BCUT2D eigenvalue weighted by Crippen LogP contribution is -3.14. The molecule has 0 aliphatic carbocycles. The summed E-state index contributed by atoms with van der Waals surface area (Å²) in [5.41, 5.74) is 1.32. The summed E-state index contributed by atoms with van der Waals surface area (Å²) in [5.74, 6) is 0. The molecule has 1 unspecified atom stereocenters. The number of aromatic nitrogens is 1. The van der Waals surface area contributed by atoms with Gasteiger partial charge in [0.25, 0.3) is 0 Å². The number of piperidine rings is 1. The third-order valence-corrected chi connectivity index (χ3v) is 3.38. The van der Waals surface area contributed by atoms with E-state index < -0.39 is 0 Å². The van der Waals surface area contributed by atoms with E-state index in [0.29, 0.717) is 6.04 Å². The van der Waals surface area contributed by atoms with E-state index in [1.54, 1.807) is 0 Å². The number of aliphatic hydroxyl groups is 1. The van der Waals surface area contributed by atoms with Crippen LogP contribution >= 0.6 is 0 Å². The highest BCUT2D eigenvalue weighted by atomic mass is 16.3. The summed E-state index contributed by atoms with van der Waals surface area (Å²) in [6, 6.07) is 4.69. The van der Waals surface area contributed by atoms with E-state index in [1.165, 1.54) is 36.3 Å². The highest BCUT2D eigenvalue weighted by Gasteiger charge is 2.28. The standard InChI is InChI=1S/C13H20N2O/c1-11(16)10-15-8-3-2-6-13(15)12-5-4-7-14-9-12/h4-5,7,9,11,13,16H,2-3,6,8,10H2,1H3/p+1/t11-,13+/m0/s1. The van der Waals surface area contributed by atoms with Crippen LogP contribution in [0, 0.1) is 0 Å². The van der Waals surface area contributed by atoms with Gasteiger partial charge in [-0.25, -0.2) is 0 Å². The van der Waals surface area contributed by atoms with Crippen molar-refractivity contribution in [3.05, 3.63) is 30.1 Å². The number of likely N-dealkylation sites (tertiary alicyclic amines) is 1. The number of rotatable bonds is 3. The van der Waals surface area contributed by atoms with Gasteiger partial charge in [-0.3, -0.25) is 4.98 Å². The first-order valence-corrected chi connectivity index (χ1v) is 6.20. The predicted octanol–water partition coefficient (Wildman–Crippen LogP) is 0.572. The number of hydrogen-bond donors (Lipinski definition) is 2. The largest absolute Gasteiger partial charge is 0.388 e. The molecule has 1 fully saturated rings. The summed E-state index contributed by atoms with van der Waals surface area (Å²) in [5, 5.41) is 9.53. The number of pyridine rings is 1. The molecule has 1 aliphatic heterocycles. The van der Waals surface area contributed by atoms with E-state index in [2.05, 4.69) is 11.1 Å². The van der Waals surface area contributed by atoms with E-state index in [0.717, 1.165) is 6.54 Å². The van der Waals surface area contributed by atoms with Gasteiger partial charge in [0.05, 0.1) is 6.54 Å². The minimum atomic E-state index is -0.215. The van der Waals surface area contributed by atoms with Crippen LogP contribution in [0.15, 0.2) is 24.5 Å². The Kier molecular flexibility index (Phi) is 3.91. The minimum absolute atomic E-state index is 0.215. The molecule has 3 heteroatoms. The molecule has 1 aromatic heterocycles. The van der Waals surface area contributed by atoms with Gasteiger partial charge in [0, 0.05) is 24.4 Å². The summed E-state index contributed by atoms with van der Waals surface area (Å²) in [7, 11) is 0. The van der Waals surface area contributed by atoms with Crippen molar-refractivity contribution >= 4 is 0 Å². The van der Waals surface area contributed by atoms with Gasteiger partial charge in [-0.15, -0.1) is 0 Å². The van der Waals surface area contributed by atoms with Crippen molar-refractivity contribution in [3.8, 4) is 0 Å². The zero-order valence-corrected chi connectivity index (χ0v) is 9.89. The minimum Gasteiger partial charge on any atom is -0.388 e. The summed E-state index contributed by atoms with van der Waals surface area (Å²) in [6.45, 7) is 3.89. The lowest BCUT2D eigenvalue weighted by atomic mass is 9.96. The van der Waals surface area contributed by atoms with Crippen LogP contribution in [0.5, 0.6) is 0 Å². The summed E-state index contributed by atoms with van der Waals surface area (Å²) in [4.78, 5) is 5.71. The van der Waals surface area contributed by atoms with Crippen molar-refractivity contribution in [1.82, 2.24) is 4.98 Å². The molecular formula is C13H21N2O+. The molecule has 0 radical (unpaired) electrons. The molecule has 2 N–H and O–H groups in total. The maximum Gasteiger partial charge on any atom is 0.115 e. The summed E-state index contributed by atoms with van der Waals surface area (Å²) < 4.78 is 0. The van der Waals surface area contributed by atoms with E-state index in [-0.39, 0.29) is 6.10 Å². The molecule has 0 aromatic carbocycles. The first-order valence-electron chi connectivity index (χ1n) is 6.20. The van der Waals surface area contributed by atoms with Gasteiger partial charge in [-0.1, -0.05) is 6.07 Å². The number of hydrogen-bond acceptors (Lipinski definition) is 2. The lowest BCUT2D eigenvalue weighted by Gasteiger charge is -2.33. The van der Waals surface area contributed by atoms with Gasteiger partial charge in [0.1, 0.15) is 18.7 Å². The second-order valence-corrected chi connectivity index (χ2v) is 4.80. The smallest absolute Gasteiger partial charge is 0.115 e. The Morgan fingerprint density at radius 3 is 3.12 bits per heavy atom.